The molecule has 37 heavy (non-hydrogen) atoms. The smallest absolute Gasteiger partial charge is 0.251 e. The number of anilines is 2. The zero-order valence-corrected chi connectivity index (χ0v) is 20.7. The molecule has 2 amide bonds. The molecule has 4 unspecified atom stereocenters. The van der Waals surface area contributed by atoms with Gasteiger partial charge in [0, 0.05) is 23.0 Å². The van der Waals surface area contributed by atoms with E-state index < -0.39 is 16.9 Å². The van der Waals surface area contributed by atoms with Gasteiger partial charge in [-0.3, -0.25) is 19.3 Å². The third kappa shape index (κ3) is 2.48. The molecular weight excluding hydrogens is 466 g/mol. The van der Waals surface area contributed by atoms with E-state index in [1.165, 1.54) is 0 Å². The molecule has 7 heteroatoms. The first-order valence-corrected chi connectivity index (χ1v) is 12.7. The summed E-state index contributed by atoms with van der Waals surface area (Å²) >= 11 is 0. The third-order valence-corrected chi connectivity index (χ3v) is 8.91. The molecule has 2 saturated heterocycles. The number of ketones is 1. The molecule has 0 bridgehead atoms. The molecule has 2 spiro atoms. The average molecular weight is 494 g/mol. The van der Waals surface area contributed by atoms with Crippen LogP contribution in [-0.4, -0.2) is 42.2 Å². The van der Waals surface area contributed by atoms with Crippen LogP contribution >= 0.6 is 0 Å². The number of nitrogens with one attached hydrogen (secondary N) is 2. The number of carbonyl (C=O) groups is 3. The van der Waals surface area contributed by atoms with Gasteiger partial charge >= 0.3 is 0 Å². The van der Waals surface area contributed by atoms with E-state index in [-0.39, 0.29) is 23.6 Å². The number of carbonyl (C=O) groups excluding carboxylic acids is 3. The van der Waals surface area contributed by atoms with Crippen LogP contribution in [0.4, 0.5) is 11.4 Å². The molecule has 4 atom stereocenters. The van der Waals surface area contributed by atoms with Crippen molar-refractivity contribution in [2.75, 3.05) is 24.3 Å². The number of fused-ring (bicyclic) bond motifs is 7. The normalized spacial score (nSPS) is 29.2. The van der Waals surface area contributed by atoms with Crippen molar-refractivity contribution in [2.45, 2.75) is 36.8 Å². The lowest BCUT2D eigenvalue weighted by molar-refractivity contribution is -0.137. The van der Waals surface area contributed by atoms with Crippen LogP contribution in [0.1, 0.15) is 39.9 Å². The standard InChI is InChI=1S/C30H27N3O4/c1-17-13-14-22-20(16-17)30(28(36)32-22)29(19-9-4-5-10-21(19)31-27(29)35)25(23-11-7-15-33(23)30)26(34)18-8-3-6-12-24(18)37-2/h3-6,8-10,12-14,16,23,25H,7,11,15H2,1-2H3,(H,31,35)(H,32,36). The molecule has 3 aromatic rings. The summed E-state index contributed by atoms with van der Waals surface area (Å²) in [5, 5.41) is 6.17. The summed E-state index contributed by atoms with van der Waals surface area (Å²) < 4.78 is 5.58. The van der Waals surface area contributed by atoms with E-state index in [4.69, 9.17) is 4.74 Å². The van der Waals surface area contributed by atoms with Crippen LogP contribution in [0.5, 0.6) is 5.75 Å². The minimum atomic E-state index is -1.45. The molecule has 7 nitrogen and oxygen atoms in total. The lowest BCUT2D eigenvalue weighted by Crippen LogP contribution is -2.62. The highest BCUT2D eigenvalue weighted by Gasteiger charge is 2.81. The Labute approximate surface area is 214 Å². The fourth-order valence-electron chi connectivity index (χ4n) is 7.71. The van der Waals surface area contributed by atoms with E-state index in [1.807, 2.05) is 61.5 Å². The van der Waals surface area contributed by atoms with Gasteiger partial charge in [-0.1, -0.05) is 48.0 Å². The quantitative estimate of drug-likeness (QED) is 0.538. The first-order chi connectivity index (χ1) is 18.0. The molecule has 2 N–H and O–H groups in total. The van der Waals surface area contributed by atoms with Gasteiger partial charge in [-0.05, 0) is 56.1 Å². The molecule has 0 aromatic heterocycles. The number of nitrogens with zero attached hydrogens (tertiary/aromatic N) is 1. The van der Waals surface area contributed by atoms with Crippen LogP contribution in [0.15, 0.2) is 66.7 Å². The molecule has 186 valence electrons. The van der Waals surface area contributed by atoms with Crippen molar-refractivity contribution in [2.24, 2.45) is 5.92 Å². The second-order valence-corrected chi connectivity index (χ2v) is 10.5. The summed E-state index contributed by atoms with van der Waals surface area (Å²) in [5.41, 5.74) is 1.44. The van der Waals surface area contributed by atoms with Crippen molar-refractivity contribution < 1.29 is 19.1 Å². The number of hydrogen-bond acceptors (Lipinski definition) is 5. The van der Waals surface area contributed by atoms with E-state index in [1.54, 1.807) is 19.2 Å². The van der Waals surface area contributed by atoms with Crippen LogP contribution in [0, 0.1) is 12.8 Å². The van der Waals surface area contributed by atoms with Crippen molar-refractivity contribution in [3.05, 3.63) is 89.0 Å². The van der Waals surface area contributed by atoms with Crippen LogP contribution < -0.4 is 15.4 Å². The fourth-order valence-corrected chi connectivity index (χ4v) is 7.71. The third-order valence-electron chi connectivity index (χ3n) is 8.91. The topological polar surface area (TPSA) is 87.7 Å². The Morgan fingerprint density at radius 1 is 0.946 bits per heavy atom. The second kappa shape index (κ2) is 7.52. The Hall–Kier alpha value is -3.97. The summed E-state index contributed by atoms with van der Waals surface area (Å²) in [6, 6.07) is 20.2. The van der Waals surface area contributed by atoms with E-state index in [9.17, 15) is 14.4 Å². The van der Waals surface area contributed by atoms with Gasteiger partial charge in [0.15, 0.2) is 5.78 Å². The highest BCUT2D eigenvalue weighted by atomic mass is 16.5. The molecule has 7 rings (SSSR count). The number of para-hydroxylation sites is 2. The second-order valence-electron chi connectivity index (χ2n) is 10.5. The zero-order valence-electron chi connectivity index (χ0n) is 20.7. The number of Topliss-reactive ketones (excluding diaryl/α,β-unsaturated/α-hetero) is 1. The minimum Gasteiger partial charge on any atom is -0.496 e. The minimum absolute atomic E-state index is 0.174. The molecule has 3 aromatic carbocycles. The monoisotopic (exact) mass is 493 g/mol. The first kappa shape index (κ1) is 22.2. The predicted molar refractivity (Wildman–Crippen MR) is 139 cm³/mol. The van der Waals surface area contributed by atoms with E-state index in [2.05, 4.69) is 15.5 Å². The maximum absolute atomic E-state index is 14.7. The maximum Gasteiger partial charge on any atom is 0.251 e. The van der Waals surface area contributed by atoms with Crippen LogP contribution in [0.3, 0.4) is 0 Å². The number of ether oxygens (including phenoxy) is 1. The maximum atomic E-state index is 14.7. The van der Waals surface area contributed by atoms with Crippen LogP contribution in [-0.2, 0) is 20.5 Å². The average Bonchev–Trinajstić information content (AvgIpc) is 3.62. The van der Waals surface area contributed by atoms with Crippen molar-refractivity contribution >= 4 is 29.0 Å². The summed E-state index contributed by atoms with van der Waals surface area (Å²) in [6.07, 6.45) is 1.56. The summed E-state index contributed by atoms with van der Waals surface area (Å²) in [5.74, 6) is -1.05. The van der Waals surface area contributed by atoms with Gasteiger partial charge in [0.05, 0.1) is 18.6 Å². The Kier molecular flexibility index (Phi) is 4.52. The van der Waals surface area contributed by atoms with Gasteiger partial charge in [0.2, 0.25) is 5.91 Å². The molecule has 0 radical (unpaired) electrons. The number of rotatable bonds is 3. The van der Waals surface area contributed by atoms with Gasteiger partial charge in [0.1, 0.15) is 16.7 Å². The molecule has 4 aliphatic rings. The van der Waals surface area contributed by atoms with Gasteiger partial charge in [-0.15, -0.1) is 0 Å². The van der Waals surface area contributed by atoms with E-state index >= 15 is 0 Å². The molecule has 4 aliphatic heterocycles. The molecule has 4 heterocycles. The van der Waals surface area contributed by atoms with E-state index in [0.29, 0.717) is 34.8 Å². The van der Waals surface area contributed by atoms with Crippen molar-refractivity contribution in [1.29, 1.82) is 0 Å². The molecular formula is C30H27N3O4. The summed E-state index contributed by atoms with van der Waals surface area (Å²) in [6.45, 7) is 2.61. The number of benzene rings is 3. The van der Waals surface area contributed by atoms with Crippen molar-refractivity contribution in [1.82, 2.24) is 4.90 Å². The first-order valence-electron chi connectivity index (χ1n) is 12.7. The Bertz CT molecular complexity index is 1520. The fraction of sp³-hybridized carbons (Fsp3) is 0.300. The lowest BCUT2D eigenvalue weighted by Gasteiger charge is -2.43. The Balaban J connectivity index is 1.60. The van der Waals surface area contributed by atoms with Gasteiger partial charge in [-0.25, -0.2) is 0 Å². The number of methoxy groups -OCH3 is 1. The number of hydrogen-bond donors (Lipinski definition) is 2. The predicted octanol–water partition coefficient (Wildman–Crippen LogP) is 4.02. The van der Waals surface area contributed by atoms with Crippen molar-refractivity contribution in [3.63, 3.8) is 0 Å². The number of aryl methyl sites for hydroxylation is 1. The van der Waals surface area contributed by atoms with Gasteiger partial charge < -0.3 is 15.4 Å². The molecule has 0 aliphatic carbocycles. The highest BCUT2D eigenvalue weighted by molar-refractivity contribution is 6.21. The van der Waals surface area contributed by atoms with Crippen molar-refractivity contribution in [3.8, 4) is 5.75 Å². The van der Waals surface area contributed by atoms with Crippen LogP contribution in [0.25, 0.3) is 0 Å². The van der Waals surface area contributed by atoms with Crippen LogP contribution in [0.2, 0.25) is 0 Å². The van der Waals surface area contributed by atoms with Gasteiger partial charge in [0.25, 0.3) is 5.91 Å². The summed E-state index contributed by atoms with van der Waals surface area (Å²) in [4.78, 5) is 45.7. The summed E-state index contributed by atoms with van der Waals surface area (Å²) in [7, 11) is 1.54. The Morgan fingerprint density at radius 2 is 1.68 bits per heavy atom. The zero-order chi connectivity index (χ0) is 25.5. The largest absolute Gasteiger partial charge is 0.496 e. The highest BCUT2D eigenvalue weighted by Crippen LogP contribution is 2.68. The molecule has 2 fully saturated rings. The lowest BCUT2D eigenvalue weighted by atomic mass is 9.57. The molecule has 0 saturated carbocycles. The van der Waals surface area contributed by atoms with E-state index in [0.717, 1.165) is 24.0 Å². The number of amides is 2. The van der Waals surface area contributed by atoms with Gasteiger partial charge in [-0.2, -0.15) is 0 Å². The Morgan fingerprint density at radius 3 is 2.51 bits per heavy atom. The SMILES string of the molecule is COc1ccccc1C(=O)C1C2CCCN2C2(C(=O)Nc3ccc(C)cc32)C12C(=O)Nc1ccccc12.